The van der Waals surface area contributed by atoms with Crippen molar-refractivity contribution in [3.05, 3.63) is 35.5 Å². The molecule has 2 aromatic rings. The van der Waals surface area contributed by atoms with Crippen LogP contribution < -0.4 is 10.1 Å². The van der Waals surface area contributed by atoms with Gasteiger partial charge in [-0.25, -0.2) is 9.78 Å². The third-order valence-electron chi connectivity index (χ3n) is 8.78. The van der Waals surface area contributed by atoms with Gasteiger partial charge in [0, 0.05) is 69.9 Å². The van der Waals surface area contributed by atoms with Crippen molar-refractivity contribution in [2.24, 2.45) is 0 Å². The molecule has 44 heavy (non-hydrogen) atoms. The summed E-state index contributed by atoms with van der Waals surface area (Å²) in [6.07, 6.45) is 5.21. The van der Waals surface area contributed by atoms with Gasteiger partial charge < -0.3 is 29.5 Å². The van der Waals surface area contributed by atoms with Gasteiger partial charge >= 0.3 is 6.09 Å². The second-order valence-electron chi connectivity index (χ2n) is 11.8. The highest BCUT2D eigenvalue weighted by molar-refractivity contribution is 5.98. The van der Waals surface area contributed by atoms with Crippen LogP contribution in [0.3, 0.4) is 0 Å². The van der Waals surface area contributed by atoms with Crippen molar-refractivity contribution in [1.82, 2.24) is 29.9 Å². The van der Waals surface area contributed by atoms with Crippen molar-refractivity contribution in [3.8, 4) is 5.75 Å². The Morgan fingerprint density at radius 1 is 0.909 bits per heavy atom. The van der Waals surface area contributed by atoms with E-state index in [0.717, 1.165) is 31.5 Å². The normalized spacial score (nSPS) is 17.7. The minimum Gasteiger partial charge on any atom is -0.483 e. The Morgan fingerprint density at radius 3 is 2.27 bits per heavy atom. The summed E-state index contributed by atoms with van der Waals surface area (Å²) in [5.74, 6) is -0.437. The fraction of sp³-hybridized carbons (Fsp3) is 0.594. The van der Waals surface area contributed by atoms with Crippen LogP contribution in [0.4, 0.5) is 4.79 Å². The molecule has 1 saturated carbocycles. The van der Waals surface area contributed by atoms with E-state index in [1.807, 2.05) is 36.9 Å². The Balaban J connectivity index is 1.15. The molecule has 2 saturated heterocycles. The third-order valence-corrected chi connectivity index (χ3v) is 8.78. The Morgan fingerprint density at radius 2 is 1.59 bits per heavy atom. The molecule has 5 rings (SSSR count). The largest absolute Gasteiger partial charge is 0.483 e. The topological polar surface area (TPSA) is 125 Å². The first-order valence-corrected chi connectivity index (χ1v) is 15.9. The van der Waals surface area contributed by atoms with Crippen molar-refractivity contribution >= 4 is 34.7 Å². The van der Waals surface area contributed by atoms with Crippen LogP contribution in [0.25, 0.3) is 10.9 Å². The number of aryl methyl sites for hydroxylation is 1. The number of rotatable bonds is 10. The van der Waals surface area contributed by atoms with E-state index in [0.29, 0.717) is 68.6 Å². The minimum atomic E-state index is -0.511. The molecule has 4 amide bonds. The molecule has 1 aromatic carbocycles. The lowest BCUT2D eigenvalue weighted by Gasteiger charge is -2.42. The van der Waals surface area contributed by atoms with Gasteiger partial charge in [0.1, 0.15) is 11.4 Å². The summed E-state index contributed by atoms with van der Waals surface area (Å²) in [4.78, 5) is 63.2. The molecule has 12 nitrogen and oxygen atoms in total. The summed E-state index contributed by atoms with van der Waals surface area (Å²) in [7, 11) is 0. The fourth-order valence-corrected chi connectivity index (χ4v) is 5.75. The van der Waals surface area contributed by atoms with Gasteiger partial charge in [0.2, 0.25) is 5.91 Å². The zero-order chi connectivity index (χ0) is 31.1. The quantitative estimate of drug-likeness (QED) is 0.408. The van der Waals surface area contributed by atoms with Crippen molar-refractivity contribution in [1.29, 1.82) is 0 Å². The van der Waals surface area contributed by atoms with Crippen molar-refractivity contribution in [3.63, 3.8) is 0 Å². The van der Waals surface area contributed by atoms with Crippen molar-refractivity contribution in [2.75, 3.05) is 72.1 Å². The standard InChI is InChI=1S/C32H44N6O6/c1-3-4-18-43-32(42)38-16-14-36(15-17-38)29(39)21-33-31(41)27-20-28(25-9-8-23(2)19-26(25)34-27)44-22-30(40)37-12-10-35(11-13-37)24-6-5-7-24/h8-9,19-20,24H,3-7,10-18,21-22H2,1-2H3,(H,33,41). The highest BCUT2D eigenvalue weighted by Gasteiger charge is 2.30. The maximum atomic E-state index is 13.1. The number of fused-ring (bicyclic) bond motifs is 1. The molecular weight excluding hydrogens is 564 g/mol. The van der Waals surface area contributed by atoms with E-state index in [4.69, 9.17) is 9.47 Å². The van der Waals surface area contributed by atoms with Crippen LogP contribution in [0, 0.1) is 6.92 Å². The van der Waals surface area contributed by atoms with Gasteiger partial charge in [0.05, 0.1) is 18.7 Å². The Hall–Kier alpha value is -3.93. The molecule has 12 heteroatoms. The van der Waals surface area contributed by atoms with E-state index >= 15 is 0 Å². The van der Waals surface area contributed by atoms with Gasteiger partial charge in [-0.15, -0.1) is 0 Å². The fourth-order valence-electron chi connectivity index (χ4n) is 5.75. The second kappa shape index (κ2) is 14.7. The van der Waals surface area contributed by atoms with Gasteiger partial charge in [0.25, 0.3) is 11.8 Å². The monoisotopic (exact) mass is 608 g/mol. The molecule has 2 aliphatic heterocycles. The number of carbonyl (C=O) groups excluding carboxylic acids is 4. The van der Waals surface area contributed by atoms with E-state index in [9.17, 15) is 19.2 Å². The number of pyridine rings is 1. The number of hydrogen-bond acceptors (Lipinski definition) is 8. The highest BCUT2D eigenvalue weighted by atomic mass is 16.6. The van der Waals surface area contributed by atoms with Crippen molar-refractivity contribution < 1.29 is 28.7 Å². The molecule has 238 valence electrons. The number of nitrogens with zero attached hydrogens (tertiary/aromatic N) is 5. The van der Waals surface area contributed by atoms with Crippen LogP contribution in [-0.2, 0) is 14.3 Å². The lowest BCUT2D eigenvalue weighted by atomic mass is 9.91. The predicted octanol–water partition coefficient (Wildman–Crippen LogP) is 2.43. The number of unbranched alkanes of at least 4 members (excludes halogenated alkanes) is 1. The summed E-state index contributed by atoms with van der Waals surface area (Å²) >= 11 is 0. The van der Waals surface area contributed by atoms with Gasteiger partial charge in [-0.2, -0.15) is 0 Å². The molecule has 0 radical (unpaired) electrons. The average molecular weight is 609 g/mol. The van der Waals surface area contributed by atoms with E-state index in [-0.39, 0.29) is 36.8 Å². The minimum absolute atomic E-state index is 0.0822. The van der Waals surface area contributed by atoms with Gasteiger partial charge in [-0.1, -0.05) is 25.8 Å². The maximum absolute atomic E-state index is 13.1. The third kappa shape index (κ3) is 7.77. The van der Waals surface area contributed by atoms with Gasteiger partial charge in [-0.05, 0) is 43.9 Å². The first-order valence-electron chi connectivity index (χ1n) is 15.9. The number of carbonyl (C=O) groups is 4. The zero-order valence-electron chi connectivity index (χ0n) is 25.9. The average Bonchev–Trinajstić information content (AvgIpc) is 3.01. The van der Waals surface area contributed by atoms with E-state index in [1.54, 1.807) is 9.80 Å². The Labute approximate surface area is 258 Å². The molecule has 0 bridgehead atoms. The summed E-state index contributed by atoms with van der Waals surface area (Å²) in [6, 6.07) is 7.87. The molecular formula is C32H44N6O6. The SMILES string of the molecule is CCCCOC(=O)N1CCN(C(=O)CNC(=O)c2cc(OCC(=O)N3CCN(C4CCC4)CC3)c3ccc(C)cc3n2)CC1. The molecule has 0 unspecified atom stereocenters. The van der Waals surface area contributed by atoms with Crippen LogP contribution >= 0.6 is 0 Å². The lowest BCUT2D eigenvalue weighted by molar-refractivity contribution is -0.135. The summed E-state index contributed by atoms with van der Waals surface area (Å²) in [5, 5.41) is 3.38. The number of ether oxygens (including phenoxy) is 2. The predicted molar refractivity (Wildman–Crippen MR) is 165 cm³/mol. The summed E-state index contributed by atoms with van der Waals surface area (Å²) in [5.41, 5.74) is 1.65. The van der Waals surface area contributed by atoms with Crippen LogP contribution in [0.5, 0.6) is 5.75 Å². The first-order chi connectivity index (χ1) is 21.3. The van der Waals surface area contributed by atoms with Crippen LogP contribution in [0.2, 0.25) is 0 Å². The Kier molecular flexibility index (Phi) is 10.5. The van der Waals surface area contributed by atoms with Crippen molar-refractivity contribution in [2.45, 2.75) is 52.0 Å². The number of piperazine rings is 2. The Bertz CT molecular complexity index is 1350. The number of aromatic nitrogens is 1. The number of benzene rings is 1. The number of amides is 4. The molecule has 3 fully saturated rings. The highest BCUT2D eigenvalue weighted by Crippen LogP contribution is 2.28. The molecule has 3 heterocycles. The second-order valence-corrected chi connectivity index (χ2v) is 11.8. The van der Waals surface area contributed by atoms with Crippen LogP contribution in [0.15, 0.2) is 24.3 Å². The molecule has 1 aliphatic carbocycles. The lowest BCUT2D eigenvalue weighted by Crippen LogP contribution is -2.54. The van der Waals surface area contributed by atoms with Crippen LogP contribution in [-0.4, -0.2) is 127 Å². The molecule has 0 spiro atoms. The molecule has 1 N–H and O–H groups in total. The maximum Gasteiger partial charge on any atom is 0.409 e. The number of hydrogen-bond donors (Lipinski definition) is 1. The summed E-state index contributed by atoms with van der Waals surface area (Å²) in [6.45, 7) is 8.68. The van der Waals surface area contributed by atoms with Gasteiger partial charge in [0.15, 0.2) is 6.61 Å². The summed E-state index contributed by atoms with van der Waals surface area (Å²) < 4.78 is 11.3. The molecule has 3 aliphatic rings. The zero-order valence-corrected chi connectivity index (χ0v) is 25.9. The van der Waals surface area contributed by atoms with E-state index in [1.165, 1.54) is 25.3 Å². The van der Waals surface area contributed by atoms with E-state index < -0.39 is 5.91 Å². The number of nitrogens with one attached hydrogen (secondary N) is 1. The van der Waals surface area contributed by atoms with Crippen LogP contribution in [0.1, 0.15) is 55.1 Å². The first kappa shape index (κ1) is 31.5. The smallest absolute Gasteiger partial charge is 0.409 e. The van der Waals surface area contributed by atoms with Gasteiger partial charge in [-0.3, -0.25) is 19.3 Å². The molecule has 1 aromatic heterocycles. The molecule has 0 atom stereocenters. The van der Waals surface area contributed by atoms with E-state index in [2.05, 4.69) is 15.2 Å².